The van der Waals surface area contributed by atoms with E-state index < -0.39 is 5.82 Å². The third-order valence-corrected chi connectivity index (χ3v) is 1.35. The molecule has 0 aliphatic carbocycles. The lowest BCUT2D eigenvalue weighted by molar-refractivity contribution is 0.387. The molecule has 0 amide bonds. The number of methoxy groups -OCH3 is 1. The van der Waals surface area contributed by atoms with Crippen molar-refractivity contribution < 1.29 is 9.13 Å². The first kappa shape index (κ1) is 8.34. The van der Waals surface area contributed by atoms with Gasteiger partial charge in [0, 0.05) is 6.07 Å². The van der Waals surface area contributed by atoms with Gasteiger partial charge in [0.05, 0.1) is 12.8 Å². The summed E-state index contributed by atoms with van der Waals surface area (Å²) in [6.07, 6.45) is 1.73. The van der Waals surface area contributed by atoms with Gasteiger partial charge in [0.25, 0.3) is 0 Å². The molecule has 1 N–H and O–H groups in total. The summed E-state index contributed by atoms with van der Waals surface area (Å²) in [7, 11) is 1.37. The summed E-state index contributed by atoms with van der Waals surface area (Å²) in [6, 6.07) is 4.11. The van der Waals surface area contributed by atoms with Crippen LogP contribution in [0.4, 0.5) is 10.1 Å². The molecule has 0 aromatic heterocycles. The third-order valence-electron chi connectivity index (χ3n) is 1.35. The highest BCUT2D eigenvalue weighted by molar-refractivity contribution is 5.51. The highest BCUT2D eigenvalue weighted by atomic mass is 19.1. The molecule has 0 heterocycles. The number of rotatable bonds is 2. The average Bonchev–Trinajstić information content (AvgIpc) is 2.09. The Balaban J connectivity index is 2.98. The number of hydrogen-bond acceptors (Lipinski definition) is 3. The van der Waals surface area contributed by atoms with Crippen LogP contribution in [0.5, 0.6) is 5.75 Å². The van der Waals surface area contributed by atoms with Crippen molar-refractivity contribution in [3.63, 3.8) is 0 Å². The van der Waals surface area contributed by atoms with Gasteiger partial charge < -0.3 is 4.74 Å². The van der Waals surface area contributed by atoms with Crippen molar-refractivity contribution in [1.82, 2.24) is 0 Å². The van der Waals surface area contributed by atoms with Gasteiger partial charge in [-0.25, -0.2) is 4.39 Å². The van der Waals surface area contributed by atoms with Gasteiger partial charge in [-0.1, -0.05) is 0 Å². The van der Waals surface area contributed by atoms with E-state index in [0.29, 0.717) is 5.69 Å². The second kappa shape index (κ2) is 3.58. The van der Waals surface area contributed by atoms with E-state index in [0.717, 1.165) is 0 Å². The predicted octanol–water partition coefficient (Wildman–Crippen LogP) is 1.73. The van der Waals surface area contributed by atoms with Crippen LogP contribution >= 0.6 is 0 Å². The number of anilines is 1. The Morgan fingerprint density at radius 2 is 2.33 bits per heavy atom. The number of nitriles is 1. The molecular formula is C8H7FN2O. The molecule has 0 saturated heterocycles. The second-order valence-electron chi connectivity index (χ2n) is 2.09. The van der Waals surface area contributed by atoms with E-state index >= 15 is 0 Å². The molecule has 62 valence electrons. The van der Waals surface area contributed by atoms with Crippen LogP contribution in [0.1, 0.15) is 0 Å². The summed E-state index contributed by atoms with van der Waals surface area (Å²) in [5.74, 6) is -0.323. The fourth-order valence-electron chi connectivity index (χ4n) is 0.802. The van der Waals surface area contributed by atoms with Gasteiger partial charge in [0.2, 0.25) is 0 Å². The maximum Gasteiger partial charge on any atom is 0.181 e. The number of nitrogens with one attached hydrogen (secondary N) is 1. The van der Waals surface area contributed by atoms with Crippen LogP contribution < -0.4 is 10.1 Å². The lowest BCUT2D eigenvalue weighted by Crippen LogP contribution is -1.91. The standard InChI is InChI=1S/C8H7FN2O/c1-12-8-4-6(11-5-10)2-3-7(8)9/h2-4,11H,1H3. The highest BCUT2D eigenvalue weighted by Crippen LogP contribution is 2.20. The van der Waals surface area contributed by atoms with Crippen molar-refractivity contribution in [2.75, 3.05) is 12.4 Å². The van der Waals surface area contributed by atoms with E-state index in [2.05, 4.69) is 5.32 Å². The predicted molar refractivity (Wildman–Crippen MR) is 42.2 cm³/mol. The Hall–Kier alpha value is -1.76. The number of halogens is 1. The zero-order valence-electron chi connectivity index (χ0n) is 6.47. The Kier molecular flexibility index (Phi) is 2.49. The molecule has 1 aromatic rings. The van der Waals surface area contributed by atoms with Gasteiger partial charge in [0.1, 0.15) is 0 Å². The fourth-order valence-corrected chi connectivity index (χ4v) is 0.802. The van der Waals surface area contributed by atoms with E-state index in [4.69, 9.17) is 10.00 Å². The number of nitrogens with zero attached hydrogens (tertiary/aromatic N) is 1. The average molecular weight is 166 g/mol. The van der Waals surface area contributed by atoms with Crippen LogP contribution in [-0.2, 0) is 0 Å². The molecule has 0 aliphatic rings. The Morgan fingerprint density at radius 3 is 2.92 bits per heavy atom. The summed E-state index contributed by atoms with van der Waals surface area (Å²) in [6.45, 7) is 0. The summed E-state index contributed by atoms with van der Waals surface area (Å²) >= 11 is 0. The topological polar surface area (TPSA) is 45.0 Å². The van der Waals surface area contributed by atoms with E-state index in [1.54, 1.807) is 6.19 Å². The van der Waals surface area contributed by atoms with Crippen molar-refractivity contribution in [1.29, 1.82) is 5.26 Å². The molecule has 0 saturated carbocycles. The molecule has 0 spiro atoms. The Morgan fingerprint density at radius 1 is 1.58 bits per heavy atom. The second-order valence-corrected chi connectivity index (χ2v) is 2.09. The summed E-state index contributed by atoms with van der Waals surface area (Å²) in [5, 5.41) is 10.6. The summed E-state index contributed by atoms with van der Waals surface area (Å²) in [5.41, 5.74) is 0.510. The lowest BCUT2D eigenvalue weighted by Gasteiger charge is -2.02. The molecule has 1 aromatic carbocycles. The Labute approximate surface area is 69.4 Å². The first-order chi connectivity index (χ1) is 5.77. The molecule has 0 radical (unpaired) electrons. The molecule has 0 unspecified atom stereocenters. The molecule has 0 atom stereocenters. The molecule has 0 bridgehead atoms. The molecular weight excluding hydrogens is 159 g/mol. The van der Waals surface area contributed by atoms with Crippen molar-refractivity contribution in [3.8, 4) is 11.9 Å². The smallest absolute Gasteiger partial charge is 0.181 e. The van der Waals surface area contributed by atoms with Gasteiger partial charge in [0.15, 0.2) is 17.8 Å². The fraction of sp³-hybridized carbons (Fsp3) is 0.125. The molecule has 3 nitrogen and oxygen atoms in total. The SMILES string of the molecule is COc1cc(NC#N)ccc1F. The molecule has 0 fully saturated rings. The number of hydrogen-bond donors (Lipinski definition) is 1. The number of ether oxygens (including phenoxy) is 1. The monoisotopic (exact) mass is 166 g/mol. The summed E-state index contributed by atoms with van der Waals surface area (Å²) < 4.78 is 17.5. The van der Waals surface area contributed by atoms with Crippen molar-refractivity contribution in [2.24, 2.45) is 0 Å². The Bertz CT molecular complexity index is 319. The zero-order valence-corrected chi connectivity index (χ0v) is 6.47. The largest absolute Gasteiger partial charge is 0.494 e. The van der Waals surface area contributed by atoms with E-state index in [1.807, 2.05) is 0 Å². The van der Waals surface area contributed by atoms with Crippen molar-refractivity contribution in [3.05, 3.63) is 24.0 Å². The van der Waals surface area contributed by atoms with Gasteiger partial charge in [-0.15, -0.1) is 0 Å². The first-order valence-corrected chi connectivity index (χ1v) is 3.26. The van der Waals surface area contributed by atoms with E-state index in [1.165, 1.54) is 25.3 Å². The van der Waals surface area contributed by atoms with Crippen molar-refractivity contribution in [2.45, 2.75) is 0 Å². The molecule has 12 heavy (non-hydrogen) atoms. The zero-order chi connectivity index (χ0) is 8.97. The van der Waals surface area contributed by atoms with Crippen LogP contribution in [-0.4, -0.2) is 7.11 Å². The molecule has 0 aliphatic heterocycles. The van der Waals surface area contributed by atoms with Gasteiger partial charge in [-0.2, -0.15) is 5.26 Å². The number of benzene rings is 1. The quantitative estimate of drug-likeness (QED) is 0.537. The van der Waals surface area contributed by atoms with Crippen LogP contribution in [0, 0.1) is 17.3 Å². The molecule has 4 heteroatoms. The normalized spacial score (nSPS) is 8.75. The molecule has 1 rings (SSSR count). The first-order valence-electron chi connectivity index (χ1n) is 3.26. The van der Waals surface area contributed by atoms with Gasteiger partial charge in [-0.05, 0) is 12.1 Å². The van der Waals surface area contributed by atoms with Gasteiger partial charge >= 0.3 is 0 Å². The minimum atomic E-state index is -0.444. The van der Waals surface area contributed by atoms with E-state index in [-0.39, 0.29) is 5.75 Å². The summed E-state index contributed by atoms with van der Waals surface area (Å²) in [4.78, 5) is 0. The van der Waals surface area contributed by atoms with E-state index in [9.17, 15) is 4.39 Å². The maximum atomic E-state index is 12.8. The third kappa shape index (κ3) is 1.64. The van der Waals surface area contributed by atoms with Crippen LogP contribution in [0.2, 0.25) is 0 Å². The minimum Gasteiger partial charge on any atom is -0.494 e. The maximum absolute atomic E-state index is 12.8. The van der Waals surface area contributed by atoms with Gasteiger partial charge in [-0.3, -0.25) is 5.32 Å². The lowest BCUT2D eigenvalue weighted by atomic mass is 10.3. The van der Waals surface area contributed by atoms with Crippen LogP contribution in [0.15, 0.2) is 18.2 Å². The highest BCUT2D eigenvalue weighted by Gasteiger charge is 2.01. The van der Waals surface area contributed by atoms with Crippen LogP contribution in [0.3, 0.4) is 0 Å². The van der Waals surface area contributed by atoms with Crippen LogP contribution in [0.25, 0.3) is 0 Å². The van der Waals surface area contributed by atoms with Crippen molar-refractivity contribution >= 4 is 5.69 Å². The minimum absolute atomic E-state index is 0.121.